The predicted octanol–water partition coefficient (Wildman–Crippen LogP) is 8.06. The summed E-state index contributed by atoms with van der Waals surface area (Å²) < 4.78 is 0. The van der Waals surface area contributed by atoms with Crippen LogP contribution in [0.15, 0.2) is 121 Å². The summed E-state index contributed by atoms with van der Waals surface area (Å²) in [5.74, 6) is 0. The van der Waals surface area contributed by atoms with Crippen molar-refractivity contribution in [3.63, 3.8) is 0 Å². The van der Waals surface area contributed by atoms with E-state index in [-0.39, 0.29) is 31.8 Å². The zero-order valence-electron chi connectivity index (χ0n) is 19.8. The average Bonchev–Trinajstić information content (AvgIpc) is 2.93. The number of hydrogen-bond donors (Lipinski definition) is 0. The Balaban J connectivity index is 0.000000222. The van der Waals surface area contributed by atoms with Crippen molar-refractivity contribution in [1.82, 2.24) is 0 Å². The van der Waals surface area contributed by atoms with Gasteiger partial charge in [-0.15, -0.1) is 0 Å². The van der Waals surface area contributed by atoms with Gasteiger partial charge in [0.2, 0.25) is 0 Å². The predicted molar refractivity (Wildman–Crippen MR) is 160 cm³/mol. The number of halogens is 2. The fourth-order valence-corrected chi connectivity index (χ4v) is 7.95. The zero-order chi connectivity index (χ0) is 25.1. The molecule has 0 aliphatic carbocycles. The summed E-state index contributed by atoms with van der Waals surface area (Å²) in [6, 6.07) is 43.1. The van der Waals surface area contributed by atoms with Gasteiger partial charge in [0.15, 0.2) is 0 Å². The van der Waals surface area contributed by atoms with E-state index < -0.39 is 0 Å². The van der Waals surface area contributed by atoms with Gasteiger partial charge in [-0.2, -0.15) is 12.8 Å². The minimum absolute atomic E-state index is 0.106. The molecule has 0 atom stereocenters. The summed E-state index contributed by atoms with van der Waals surface area (Å²) in [5.41, 5.74) is 0. The summed E-state index contributed by atoms with van der Waals surface area (Å²) >= 11 is -0.106. The van der Waals surface area contributed by atoms with Crippen molar-refractivity contribution in [1.29, 1.82) is 0 Å². The molecule has 188 valence electrons. The molecule has 0 saturated carbocycles. The third-order valence-electron chi connectivity index (χ3n) is 5.03. The van der Waals surface area contributed by atoms with E-state index in [0.29, 0.717) is 0 Å². The summed E-state index contributed by atoms with van der Waals surface area (Å²) in [5, 5.41) is 5.81. The summed E-state index contributed by atoms with van der Waals surface area (Å²) in [6.07, 6.45) is 4.33. The van der Waals surface area contributed by atoms with Gasteiger partial charge in [0.05, 0.1) is 0 Å². The Kier molecular flexibility index (Phi) is 16.5. The first-order valence-electron chi connectivity index (χ1n) is 11.4. The Morgan fingerprint density at radius 3 is 0.829 bits per heavy atom. The number of benzene rings is 4. The first kappa shape index (κ1) is 30.2. The van der Waals surface area contributed by atoms with Crippen LogP contribution < -0.4 is 21.2 Å². The molecule has 0 amide bonds. The minimum atomic E-state index is -0.213. The molecule has 0 heterocycles. The molecule has 4 aromatic rings. The van der Waals surface area contributed by atoms with Crippen LogP contribution in [0.3, 0.4) is 0 Å². The molecule has 0 aliphatic rings. The Morgan fingerprint density at radius 1 is 0.457 bits per heavy atom. The van der Waals surface area contributed by atoms with Gasteiger partial charge in [-0.05, 0) is 37.1 Å². The molecule has 0 aromatic heterocycles. The Labute approximate surface area is 231 Å². The van der Waals surface area contributed by atoms with Crippen LogP contribution >= 0.6 is 34.9 Å². The van der Waals surface area contributed by atoms with E-state index in [9.17, 15) is 0 Å². The Hall–Kier alpha value is -1.02. The average molecular weight is 632 g/mol. The van der Waals surface area contributed by atoms with Crippen molar-refractivity contribution in [2.75, 3.05) is 12.3 Å². The normalized spacial score (nSPS) is 10.3. The van der Waals surface area contributed by atoms with E-state index >= 15 is 0 Å². The SMILES string of the molecule is [CH2-]CCP(c1ccccc1)c1ccccc1.[CH2-]CCP(c1ccccc1)c1ccccc1.[Cl][Pd][Cl]. The van der Waals surface area contributed by atoms with Crippen molar-refractivity contribution in [3.8, 4) is 0 Å². The monoisotopic (exact) mass is 630 g/mol. The Morgan fingerprint density at radius 2 is 0.657 bits per heavy atom. The first-order valence-corrected chi connectivity index (χ1v) is 18.5. The van der Waals surface area contributed by atoms with E-state index in [4.69, 9.17) is 19.1 Å². The van der Waals surface area contributed by atoms with Gasteiger partial charge < -0.3 is 13.8 Å². The summed E-state index contributed by atoms with van der Waals surface area (Å²) in [4.78, 5) is 0. The van der Waals surface area contributed by atoms with Crippen LogP contribution in [0.4, 0.5) is 0 Å². The number of rotatable bonds is 8. The maximum absolute atomic E-state index is 4.81. The van der Waals surface area contributed by atoms with Crippen molar-refractivity contribution >= 4 is 56.1 Å². The molecule has 5 heteroatoms. The summed E-state index contributed by atoms with van der Waals surface area (Å²) in [7, 11) is 9.20. The van der Waals surface area contributed by atoms with Gasteiger partial charge in [-0.25, -0.2) is 0 Å². The first-order chi connectivity index (χ1) is 17.2. The van der Waals surface area contributed by atoms with Crippen LogP contribution in [0.5, 0.6) is 0 Å². The van der Waals surface area contributed by atoms with Crippen LogP contribution in [-0.2, 0) is 15.9 Å². The molecule has 4 rings (SSSR count). The van der Waals surface area contributed by atoms with Gasteiger partial charge in [-0.3, -0.25) is 0 Å². The molecule has 0 aliphatic heterocycles. The fraction of sp³-hybridized carbons (Fsp3) is 0.133. The second-order valence-corrected chi connectivity index (χ2v) is 14.4. The van der Waals surface area contributed by atoms with E-state index in [0.717, 1.165) is 12.8 Å². The molecule has 0 nitrogen and oxygen atoms in total. The summed E-state index contributed by atoms with van der Waals surface area (Å²) in [6.45, 7) is 7.99. The molecule has 0 unspecified atom stereocenters. The quantitative estimate of drug-likeness (QED) is 0.105. The molecule has 35 heavy (non-hydrogen) atoms. The van der Waals surface area contributed by atoms with Crippen molar-refractivity contribution in [2.24, 2.45) is 0 Å². The van der Waals surface area contributed by atoms with Crippen molar-refractivity contribution in [2.45, 2.75) is 12.8 Å². The standard InChI is InChI=1S/2C15H16P.2ClH.Pd/c2*1-2-13-16(14-9-5-3-6-10-14)15-11-7-4-8-12-15;;;/h2*3-12H,1-2,13H2;2*1H;/q2*-1;;;+2/p-2. The number of hydrogen-bond acceptors (Lipinski definition) is 0. The van der Waals surface area contributed by atoms with Crippen LogP contribution in [0.1, 0.15) is 12.8 Å². The maximum atomic E-state index is 4.81. The molecular weight excluding hydrogens is 600 g/mol. The fourth-order valence-electron chi connectivity index (χ4n) is 3.56. The van der Waals surface area contributed by atoms with Gasteiger partial charge in [-0.1, -0.05) is 134 Å². The molecular formula is C30H32Cl2P2Pd-2. The van der Waals surface area contributed by atoms with Crippen LogP contribution in [-0.4, -0.2) is 12.3 Å². The van der Waals surface area contributed by atoms with Crippen LogP contribution in [0, 0.1) is 13.8 Å². The van der Waals surface area contributed by atoms with E-state index in [2.05, 4.69) is 135 Å². The molecule has 0 N–H and O–H groups in total. The zero-order valence-corrected chi connectivity index (χ0v) is 24.6. The third-order valence-corrected chi connectivity index (χ3v) is 10.2. The molecule has 4 aromatic carbocycles. The van der Waals surface area contributed by atoms with E-state index in [1.54, 1.807) is 0 Å². The molecule has 0 fully saturated rings. The Bertz CT molecular complexity index is 855. The van der Waals surface area contributed by atoms with E-state index in [1.807, 2.05) is 0 Å². The van der Waals surface area contributed by atoms with Gasteiger partial charge in [0, 0.05) is 0 Å². The molecule has 0 radical (unpaired) electrons. The topological polar surface area (TPSA) is 0 Å². The van der Waals surface area contributed by atoms with Crippen molar-refractivity contribution < 1.29 is 15.9 Å². The van der Waals surface area contributed by atoms with Crippen LogP contribution in [0.2, 0.25) is 0 Å². The van der Waals surface area contributed by atoms with Crippen molar-refractivity contribution in [3.05, 3.63) is 135 Å². The second kappa shape index (κ2) is 19.1. The van der Waals surface area contributed by atoms with Gasteiger partial charge in [0.25, 0.3) is 0 Å². The van der Waals surface area contributed by atoms with Gasteiger partial charge >= 0.3 is 35.0 Å². The molecule has 0 bridgehead atoms. The molecule has 0 saturated heterocycles. The van der Waals surface area contributed by atoms with Crippen LogP contribution in [0.25, 0.3) is 0 Å². The third kappa shape index (κ3) is 11.3. The molecule has 0 spiro atoms. The van der Waals surface area contributed by atoms with Gasteiger partial charge in [0.1, 0.15) is 0 Å². The second-order valence-electron chi connectivity index (χ2n) is 7.40. The van der Waals surface area contributed by atoms with E-state index in [1.165, 1.54) is 33.5 Å².